The van der Waals surface area contributed by atoms with Gasteiger partial charge in [0.25, 0.3) is 0 Å². The molecule has 1 aliphatic rings. The van der Waals surface area contributed by atoms with E-state index in [1.54, 1.807) is 6.07 Å². The van der Waals surface area contributed by atoms with Gasteiger partial charge in [-0.3, -0.25) is 4.90 Å². The summed E-state index contributed by atoms with van der Waals surface area (Å²) in [6.07, 6.45) is 0. The zero-order valence-corrected chi connectivity index (χ0v) is 11.3. The van der Waals surface area contributed by atoms with E-state index >= 15 is 0 Å². The number of hydrogen-bond donors (Lipinski definition) is 1. The average molecular weight is 279 g/mol. The molecule has 1 heterocycles. The van der Waals surface area contributed by atoms with E-state index < -0.39 is 0 Å². The molecule has 2 rings (SSSR count). The van der Waals surface area contributed by atoms with E-state index in [1.807, 2.05) is 0 Å². The molecule has 0 spiro atoms. The molecule has 17 heavy (non-hydrogen) atoms. The Bertz CT molecular complexity index is 368. The summed E-state index contributed by atoms with van der Waals surface area (Å²) in [4.78, 5) is 2.32. The van der Waals surface area contributed by atoms with E-state index in [-0.39, 0.29) is 24.3 Å². The first-order valence-electron chi connectivity index (χ1n) is 5.58. The second-order valence-electron chi connectivity index (χ2n) is 4.13. The first-order chi connectivity index (χ1) is 7.68. The third kappa shape index (κ3) is 3.55. The molecule has 1 N–H and O–H groups in total. The van der Waals surface area contributed by atoms with Crippen LogP contribution in [-0.2, 0) is 0 Å². The molecule has 0 amide bonds. The lowest BCUT2D eigenvalue weighted by molar-refractivity contribution is 0.185. The van der Waals surface area contributed by atoms with Gasteiger partial charge in [-0.05, 0) is 30.7 Å². The molecule has 5 heteroatoms. The zero-order valence-electron chi connectivity index (χ0n) is 9.75. The minimum absolute atomic E-state index is 0. The van der Waals surface area contributed by atoms with Crippen LogP contribution in [0.3, 0.4) is 0 Å². The molecule has 0 aliphatic carbocycles. The van der Waals surface area contributed by atoms with Crippen LogP contribution in [-0.4, -0.2) is 31.1 Å². The maximum absolute atomic E-state index is 13.2. The van der Waals surface area contributed by atoms with Gasteiger partial charge in [0.1, 0.15) is 5.82 Å². The van der Waals surface area contributed by atoms with Crippen LogP contribution >= 0.6 is 24.0 Å². The fraction of sp³-hybridized carbons (Fsp3) is 0.500. The van der Waals surface area contributed by atoms with Gasteiger partial charge >= 0.3 is 0 Å². The van der Waals surface area contributed by atoms with Crippen molar-refractivity contribution in [1.82, 2.24) is 10.2 Å². The predicted octanol–water partition coefficient (Wildman–Crippen LogP) is 2.87. The van der Waals surface area contributed by atoms with Crippen LogP contribution in [0.5, 0.6) is 0 Å². The standard InChI is InChI=1S/C12H16ClFN2.ClH/c1-9(16-6-4-15-5-7-16)11-8-10(14)2-3-12(11)13;/h2-3,8-9,15H,4-7H2,1H3;1H/t9-;/m1./s1. The summed E-state index contributed by atoms with van der Waals surface area (Å²) >= 11 is 6.10. The van der Waals surface area contributed by atoms with Crippen LogP contribution in [0.4, 0.5) is 4.39 Å². The van der Waals surface area contributed by atoms with Crippen LogP contribution in [0, 0.1) is 5.82 Å². The summed E-state index contributed by atoms with van der Waals surface area (Å²) in [5.41, 5.74) is 0.878. The van der Waals surface area contributed by atoms with E-state index in [2.05, 4.69) is 17.1 Å². The molecule has 0 bridgehead atoms. The van der Waals surface area contributed by atoms with Gasteiger partial charge in [-0.25, -0.2) is 4.39 Å². The van der Waals surface area contributed by atoms with Crippen molar-refractivity contribution in [2.24, 2.45) is 0 Å². The van der Waals surface area contributed by atoms with E-state index in [1.165, 1.54) is 12.1 Å². The van der Waals surface area contributed by atoms with E-state index in [0.717, 1.165) is 31.7 Å². The second kappa shape index (κ2) is 6.55. The topological polar surface area (TPSA) is 15.3 Å². The number of rotatable bonds is 2. The Balaban J connectivity index is 0.00000144. The van der Waals surface area contributed by atoms with Gasteiger partial charge in [0.15, 0.2) is 0 Å². The van der Waals surface area contributed by atoms with Crippen LogP contribution in [0.25, 0.3) is 0 Å². The first kappa shape index (κ1) is 14.7. The maximum Gasteiger partial charge on any atom is 0.123 e. The SMILES string of the molecule is C[C@H](c1cc(F)ccc1Cl)N1CCNCC1.Cl. The molecule has 1 aromatic rings. The van der Waals surface area contributed by atoms with Gasteiger partial charge in [-0.2, -0.15) is 0 Å². The Kier molecular flexibility index (Phi) is 5.67. The molecule has 1 saturated heterocycles. The predicted molar refractivity (Wildman–Crippen MR) is 71.5 cm³/mol. The largest absolute Gasteiger partial charge is 0.314 e. The highest BCUT2D eigenvalue weighted by Gasteiger charge is 2.20. The number of nitrogens with zero attached hydrogens (tertiary/aromatic N) is 1. The summed E-state index contributed by atoms with van der Waals surface area (Å²) in [6, 6.07) is 4.74. The lowest BCUT2D eigenvalue weighted by Crippen LogP contribution is -2.44. The van der Waals surface area contributed by atoms with E-state index in [9.17, 15) is 4.39 Å². The monoisotopic (exact) mass is 278 g/mol. The van der Waals surface area contributed by atoms with E-state index in [4.69, 9.17) is 11.6 Å². The van der Waals surface area contributed by atoms with Crippen LogP contribution in [0.2, 0.25) is 5.02 Å². The van der Waals surface area contributed by atoms with Crippen LogP contribution < -0.4 is 5.32 Å². The molecule has 96 valence electrons. The van der Waals surface area contributed by atoms with E-state index in [0.29, 0.717) is 5.02 Å². The Morgan fingerprint density at radius 3 is 2.65 bits per heavy atom. The molecule has 0 saturated carbocycles. The average Bonchev–Trinajstić information content (AvgIpc) is 2.32. The van der Waals surface area contributed by atoms with Crippen molar-refractivity contribution >= 4 is 24.0 Å². The zero-order chi connectivity index (χ0) is 11.5. The highest BCUT2D eigenvalue weighted by molar-refractivity contribution is 6.31. The molecular weight excluding hydrogens is 262 g/mol. The molecule has 1 aromatic carbocycles. The highest BCUT2D eigenvalue weighted by Crippen LogP contribution is 2.28. The summed E-state index contributed by atoms with van der Waals surface area (Å²) in [5.74, 6) is -0.221. The van der Waals surface area contributed by atoms with Crippen molar-refractivity contribution in [3.63, 3.8) is 0 Å². The Morgan fingerprint density at radius 2 is 2.00 bits per heavy atom. The molecule has 1 atom stereocenters. The fourth-order valence-corrected chi connectivity index (χ4v) is 2.38. The van der Waals surface area contributed by atoms with Gasteiger partial charge in [0.2, 0.25) is 0 Å². The van der Waals surface area contributed by atoms with Crippen molar-refractivity contribution in [2.75, 3.05) is 26.2 Å². The minimum atomic E-state index is -0.221. The smallest absolute Gasteiger partial charge is 0.123 e. The number of hydrogen-bond acceptors (Lipinski definition) is 2. The van der Waals surface area contributed by atoms with Crippen LogP contribution in [0.1, 0.15) is 18.5 Å². The quantitative estimate of drug-likeness (QED) is 0.895. The molecule has 0 unspecified atom stereocenters. The fourth-order valence-electron chi connectivity index (χ4n) is 2.10. The van der Waals surface area contributed by atoms with Gasteiger partial charge in [0, 0.05) is 37.2 Å². The molecule has 1 fully saturated rings. The maximum atomic E-state index is 13.2. The first-order valence-corrected chi connectivity index (χ1v) is 5.96. The summed E-state index contributed by atoms with van der Waals surface area (Å²) in [6.45, 7) is 6.00. The number of halogens is 3. The van der Waals surface area contributed by atoms with Crippen molar-refractivity contribution < 1.29 is 4.39 Å². The third-order valence-corrected chi connectivity index (χ3v) is 3.45. The van der Waals surface area contributed by atoms with Crippen molar-refractivity contribution in [1.29, 1.82) is 0 Å². The summed E-state index contributed by atoms with van der Waals surface area (Å²) in [7, 11) is 0. The normalized spacial score (nSPS) is 18.5. The Morgan fingerprint density at radius 1 is 1.35 bits per heavy atom. The summed E-state index contributed by atoms with van der Waals surface area (Å²) < 4.78 is 13.2. The number of benzene rings is 1. The number of piperazine rings is 1. The van der Waals surface area contributed by atoms with Gasteiger partial charge in [-0.1, -0.05) is 11.6 Å². The molecule has 1 aliphatic heterocycles. The van der Waals surface area contributed by atoms with Crippen molar-refractivity contribution in [3.05, 3.63) is 34.6 Å². The van der Waals surface area contributed by atoms with Crippen molar-refractivity contribution in [2.45, 2.75) is 13.0 Å². The Labute approximate surface area is 113 Å². The summed E-state index contributed by atoms with van der Waals surface area (Å²) in [5, 5.41) is 3.94. The lowest BCUT2D eigenvalue weighted by atomic mass is 10.1. The molecule has 2 nitrogen and oxygen atoms in total. The highest BCUT2D eigenvalue weighted by atomic mass is 35.5. The minimum Gasteiger partial charge on any atom is -0.314 e. The molecular formula is C12H17Cl2FN2. The van der Waals surface area contributed by atoms with Gasteiger partial charge < -0.3 is 5.32 Å². The van der Waals surface area contributed by atoms with Gasteiger partial charge in [0.05, 0.1) is 0 Å². The van der Waals surface area contributed by atoms with Crippen molar-refractivity contribution in [3.8, 4) is 0 Å². The lowest BCUT2D eigenvalue weighted by Gasteiger charge is -2.33. The third-order valence-electron chi connectivity index (χ3n) is 3.11. The second-order valence-corrected chi connectivity index (χ2v) is 4.53. The molecule has 0 radical (unpaired) electrons. The van der Waals surface area contributed by atoms with Crippen LogP contribution in [0.15, 0.2) is 18.2 Å². The number of nitrogens with one attached hydrogen (secondary N) is 1. The molecule has 0 aromatic heterocycles. The van der Waals surface area contributed by atoms with Gasteiger partial charge in [-0.15, -0.1) is 12.4 Å². The Hall–Kier alpha value is -0.350.